The fraction of sp³-hybridized carbons (Fsp3) is 0.171. The van der Waals surface area contributed by atoms with Crippen LogP contribution < -0.4 is 4.40 Å². The molecule has 1 aliphatic rings. The molecule has 1 aliphatic carbocycles. The van der Waals surface area contributed by atoms with Gasteiger partial charge in [-0.25, -0.2) is 0 Å². The topological polar surface area (TPSA) is 38.9 Å². The number of fused-ring (bicyclic) bond motifs is 4. The van der Waals surface area contributed by atoms with Gasteiger partial charge in [0.1, 0.15) is 5.58 Å². The average molecular weight is 860 g/mol. The van der Waals surface area contributed by atoms with Gasteiger partial charge >= 0.3 is 104 Å². The van der Waals surface area contributed by atoms with E-state index in [1.165, 1.54) is 16.5 Å². The standard InChI is InChI=1S/C27H20NO.C14H15FGeN.Ir/c1-2-7-18(8-3-1)20-13-14-22-23-11-6-12-24(27(23)29-25(22)17-20)26-21-10-5-4-9-19(21)15-16-28-26;1-16(2,3)13-7-8-14(17-10-13)11-5-4-6-12(15)9-11;/h1-3,6-8,11,13-17H,4-5,9-10H2;4,6-10H,1-3H3;/q2*-1;/i9D2,10D2;;. The summed E-state index contributed by atoms with van der Waals surface area (Å²) < 4.78 is 54.9. The summed E-state index contributed by atoms with van der Waals surface area (Å²) in [5.41, 5.74) is 6.56. The van der Waals surface area contributed by atoms with E-state index in [1.54, 1.807) is 24.4 Å². The van der Waals surface area contributed by atoms with Gasteiger partial charge in [0.05, 0.1) is 5.58 Å². The number of hydrogen-bond acceptors (Lipinski definition) is 3. The van der Waals surface area contributed by atoms with Gasteiger partial charge in [-0.2, -0.15) is 0 Å². The number of benzene rings is 4. The summed E-state index contributed by atoms with van der Waals surface area (Å²) >= 11 is -1.80. The zero-order valence-electron chi connectivity index (χ0n) is 30.3. The maximum Gasteiger partial charge on any atom is 0 e. The van der Waals surface area contributed by atoms with Crippen LogP contribution in [0.15, 0.2) is 114 Å². The molecule has 6 heteroatoms. The van der Waals surface area contributed by atoms with Crippen LogP contribution in [0.5, 0.6) is 0 Å². The van der Waals surface area contributed by atoms with E-state index in [1.807, 2.05) is 48.7 Å². The molecule has 0 unspecified atom stereocenters. The second kappa shape index (κ2) is 14.1. The average Bonchev–Trinajstić information content (AvgIpc) is 3.49. The number of aromatic nitrogens is 2. The van der Waals surface area contributed by atoms with Crippen molar-refractivity contribution < 1.29 is 34.4 Å². The SMILES string of the molecule is [2H]C1([2H])CCC([2H])([2H])c2c1ccnc2-c1[c-]ccc2c1oc1cc(-c3ccccc3)ccc12.[CH3][Ge]([CH3])([CH3])[c]1ccc(-c2[c-]ccc(F)c2)nc1.[Ir]. The van der Waals surface area contributed by atoms with Crippen LogP contribution in [-0.4, -0.2) is 23.2 Å². The molecule has 4 aromatic carbocycles. The van der Waals surface area contributed by atoms with Gasteiger partial charge in [-0.15, -0.1) is 18.2 Å². The Bertz CT molecular complexity index is 2340. The molecule has 0 bridgehead atoms. The molecule has 3 aromatic heterocycles. The van der Waals surface area contributed by atoms with Gasteiger partial charge in [0.15, 0.2) is 0 Å². The van der Waals surface area contributed by atoms with Crippen LogP contribution in [0.2, 0.25) is 17.3 Å². The van der Waals surface area contributed by atoms with Gasteiger partial charge < -0.3 is 9.40 Å². The number of furan rings is 1. The number of hydrogen-bond donors (Lipinski definition) is 0. The Morgan fingerprint density at radius 2 is 1.62 bits per heavy atom. The molecule has 0 saturated heterocycles. The molecule has 0 aliphatic heterocycles. The van der Waals surface area contributed by atoms with E-state index in [4.69, 9.17) is 9.90 Å². The molecule has 237 valence electrons. The fourth-order valence-electron chi connectivity index (χ4n) is 5.67. The third-order valence-corrected chi connectivity index (χ3v) is 12.4. The molecule has 0 amide bonds. The van der Waals surface area contributed by atoms with Gasteiger partial charge in [-0.3, -0.25) is 0 Å². The molecule has 0 saturated carbocycles. The molecule has 3 heterocycles. The molecule has 8 rings (SSSR count). The summed E-state index contributed by atoms with van der Waals surface area (Å²) in [7, 11) is 0. The zero-order valence-corrected chi connectivity index (χ0v) is 30.8. The molecule has 0 fully saturated rings. The van der Waals surface area contributed by atoms with E-state index in [2.05, 4.69) is 63.6 Å². The number of halogens is 1. The molecule has 1 radical (unpaired) electrons. The minimum absolute atomic E-state index is 0. The van der Waals surface area contributed by atoms with Gasteiger partial charge in [0.2, 0.25) is 0 Å². The number of aryl methyl sites for hydroxylation is 1. The summed E-state index contributed by atoms with van der Waals surface area (Å²) in [5.74, 6) is 6.72. The van der Waals surface area contributed by atoms with E-state index in [-0.39, 0.29) is 38.8 Å². The molecule has 3 nitrogen and oxygen atoms in total. The molecule has 47 heavy (non-hydrogen) atoms. The van der Waals surface area contributed by atoms with Crippen LogP contribution in [0.1, 0.15) is 29.5 Å². The molecule has 0 atom stereocenters. The van der Waals surface area contributed by atoms with Crippen LogP contribution in [0.3, 0.4) is 0 Å². The Morgan fingerprint density at radius 3 is 2.38 bits per heavy atom. The maximum absolute atomic E-state index is 13.1. The minimum atomic E-state index is -1.80. The summed E-state index contributed by atoms with van der Waals surface area (Å²) in [5, 5.41) is 1.86. The van der Waals surface area contributed by atoms with Crippen molar-refractivity contribution in [1.82, 2.24) is 9.97 Å². The Hall–Kier alpha value is -3.90. The maximum atomic E-state index is 13.1. The zero-order chi connectivity index (χ0) is 35.3. The summed E-state index contributed by atoms with van der Waals surface area (Å²) in [6.07, 6.45) is 0.418. The van der Waals surface area contributed by atoms with Crippen LogP contribution in [-0.2, 0) is 32.9 Å². The molecule has 0 N–H and O–H groups in total. The predicted molar refractivity (Wildman–Crippen MR) is 189 cm³/mol. The largest absolute Gasteiger partial charge is 0 e. The van der Waals surface area contributed by atoms with Gasteiger partial charge in [0, 0.05) is 37.2 Å². The summed E-state index contributed by atoms with van der Waals surface area (Å²) in [6, 6.07) is 36.3. The first-order valence-electron chi connectivity index (χ1n) is 17.4. The molecule has 0 spiro atoms. The smallest absolute Gasteiger partial charge is 0 e. The Morgan fingerprint density at radius 1 is 0.809 bits per heavy atom. The van der Waals surface area contributed by atoms with E-state index in [0.717, 1.165) is 33.2 Å². The van der Waals surface area contributed by atoms with E-state index in [9.17, 15) is 4.39 Å². The third kappa shape index (κ3) is 7.04. The summed E-state index contributed by atoms with van der Waals surface area (Å²) in [6.45, 7) is 0. The normalized spacial score (nSPS) is 16.0. The number of pyridine rings is 2. The molecular formula is C41H35FGeIrN2O-2. The Kier molecular flexibility index (Phi) is 8.42. The number of nitrogens with zero attached hydrogens (tertiary/aromatic N) is 2. The van der Waals surface area contributed by atoms with Crippen LogP contribution in [0, 0.1) is 17.9 Å². The molecular weight excluding hydrogens is 820 g/mol. The van der Waals surface area contributed by atoms with Crippen LogP contribution in [0.25, 0.3) is 55.6 Å². The number of rotatable bonds is 4. The van der Waals surface area contributed by atoms with Crippen LogP contribution in [0.4, 0.5) is 4.39 Å². The van der Waals surface area contributed by atoms with E-state index >= 15 is 0 Å². The first-order chi connectivity index (χ1) is 23.8. The minimum Gasteiger partial charge on any atom is 0 e. The first kappa shape index (κ1) is 28.1. The Labute approximate surface area is 297 Å². The van der Waals surface area contributed by atoms with Crippen molar-refractivity contribution in [2.75, 3.05) is 0 Å². The Balaban J connectivity index is 0.000000211. The van der Waals surface area contributed by atoms with E-state index < -0.39 is 26.0 Å². The van der Waals surface area contributed by atoms with Crippen molar-refractivity contribution in [1.29, 1.82) is 0 Å². The van der Waals surface area contributed by atoms with E-state index in [0.29, 0.717) is 33.5 Å². The van der Waals surface area contributed by atoms with Crippen molar-refractivity contribution in [3.05, 3.63) is 139 Å². The predicted octanol–water partition coefficient (Wildman–Crippen LogP) is 10.2. The van der Waals surface area contributed by atoms with Crippen molar-refractivity contribution in [2.45, 2.75) is 42.9 Å². The van der Waals surface area contributed by atoms with Crippen molar-refractivity contribution in [3.8, 4) is 33.6 Å². The fourth-order valence-corrected chi connectivity index (χ4v) is 7.85. The quantitative estimate of drug-likeness (QED) is 0.131. The second-order valence-corrected chi connectivity index (χ2v) is 23.0. The first-order valence-corrected chi connectivity index (χ1v) is 22.7. The van der Waals surface area contributed by atoms with Crippen molar-refractivity contribution in [2.24, 2.45) is 0 Å². The third-order valence-electron chi connectivity index (χ3n) is 8.14. The second-order valence-electron chi connectivity index (χ2n) is 12.3. The van der Waals surface area contributed by atoms with Gasteiger partial charge in [0.25, 0.3) is 0 Å². The van der Waals surface area contributed by atoms with Gasteiger partial charge in [-0.1, -0.05) is 64.5 Å². The van der Waals surface area contributed by atoms with Crippen molar-refractivity contribution >= 4 is 39.6 Å². The van der Waals surface area contributed by atoms with Gasteiger partial charge in [-0.05, 0) is 54.5 Å². The monoisotopic (exact) mass is 861 g/mol. The summed E-state index contributed by atoms with van der Waals surface area (Å²) in [4.78, 5) is 8.92. The van der Waals surface area contributed by atoms with Crippen LogP contribution >= 0.6 is 0 Å². The van der Waals surface area contributed by atoms with Crippen molar-refractivity contribution in [3.63, 3.8) is 0 Å². The molecule has 7 aromatic rings.